The number of hydrogen-bond acceptors (Lipinski definition) is 1. The molecule has 0 saturated heterocycles. The first kappa shape index (κ1) is 9.51. The van der Waals surface area contributed by atoms with Gasteiger partial charge < -0.3 is 5.73 Å². The van der Waals surface area contributed by atoms with Crippen molar-refractivity contribution in [3.8, 4) is 0 Å². The van der Waals surface area contributed by atoms with Gasteiger partial charge in [-0.3, -0.25) is 0 Å². The van der Waals surface area contributed by atoms with Gasteiger partial charge in [0.05, 0.1) is 0 Å². The van der Waals surface area contributed by atoms with Gasteiger partial charge in [-0.25, -0.2) is 0 Å². The van der Waals surface area contributed by atoms with Crippen molar-refractivity contribution in [2.75, 3.05) is 6.54 Å². The predicted molar refractivity (Wildman–Crippen MR) is 56.5 cm³/mol. The fraction of sp³-hybridized carbons (Fsp3) is 1.00. The second-order valence-corrected chi connectivity index (χ2v) is 5.18. The third-order valence-corrected chi connectivity index (χ3v) is 5.06. The SMILES string of the molecule is CCC1(C2(CN)CCCC2)CCC1. The summed E-state index contributed by atoms with van der Waals surface area (Å²) in [4.78, 5) is 0. The molecule has 2 aliphatic rings. The van der Waals surface area contributed by atoms with E-state index in [2.05, 4.69) is 6.92 Å². The van der Waals surface area contributed by atoms with Crippen molar-refractivity contribution in [1.29, 1.82) is 0 Å². The molecule has 0 atom stereocenters. The average molecular weight is 181 g/mol. The van der Waals surface area contributed by atoms with Gasteiger partial charge in [-0.05, 0) is 49.5 Å². The fourth-order valence-corrected chi connectivity index (χ4v) is 3.87. The second-order valence-electron chi connectivity index (χ2n) is 5.18. The minimum Gasteiger partial charge on any atom is -0.330 e. The van der Waals surface area contributed by atoms with E-state index in [1.54, 1.807) is 0 Å². The van der Waals surface area contributed by atoms with E-state index >= 15 is 0 Å². The van der Waals surface area contributed by atoms with Crippen LogP contribution in [0.25, 0.3) is 0 Å². The highest BCUT2D eigenvalue weighted by molar-refractivity contribution is 5.04. The third kappa shape index (κ3) is 1.16. The molecule has 0 aromatic heterocycles. The van der Waals surface area contributed by atoms with Crippen LogP contribution in [0.4, 0.5) is 0 Å². The Labute approximate surface area is 82.1 Å². The summed E-state index contributed by atoms with van der Waals surface area (Å²) in [5.41, 5.74) is 7.26. The molecule has 1 heteroatoms. The Bertz CT molecular complexity index is 170. The molecule has 0 heterocycles. The number of nitrogens with two attached hydrogens (primary N) is 1. The zero-order valence-electron chi connectivity index (χ0n) is 8.94. The van der Waals surface area contributed by atoms with Crippen molar-refractivity contribution < 1.29 is 0 Å². The van der Waals surface area contributed by atoms with Crippen LogP contribution in [0.1, 0.15) is 58.3 Å². The standard InChI is InChI=1S/C12H23N/c1-2-11(8-5-9-11)12(10-13)6-3-4-7-12/h2-10,13H2,1H3. The van der Waals surface area contributed by atoms with Gasteiger partial charge in [-0.2, -0.15) is 0 Å². The van der Waals surface area contributed by atoms with Gasteiger partial charge in [0.25, 0.3) is 0 Å². The van der Waals surface area contributed by atoms with Gasteiger partial charge in [0.2, 0.25) is 0 Å². The van der Waals surface area contributed by atoms with E-state index in [1.165, 1.54) is 51.4 Å². The van der Waals surface area contributed by atoms with Crippen LogP contribution in [0, 0.1) is 10.8 Å². The molecule has 2 rings (SSSR count). The van der Waals surface area contributed by atoms with Gasteiger partial charge in [0, 0.05) is 0 Å². The molecule has 0 unspecified atom stereocenters. The van der Waals surface area contributed by atoms with Gasteiger partial charge in [-0.1, -0.05) is 26.2 Å². The van der Waals surface area contributed by atoms with Crippen LogP contribution >= 0.6 is 0 Å². The first-order chi connectivity index (χ1) is 6.29. The lowest BCUT2D eigenvalue weighted by Crippen LogP contribution is -2.49. The maximum atomic E-state index is 6.04. The lowest BCUT2D eigenvalue weighted by molar-refractivity contribution is -0.0354. The monoisotopic (exact) mass is 181 g/mol. The molecule has 0 aromatic rings. The fourth-order valence-electron chi connectivity index (χ4n) is 3.87. The minimum absolute atomic E-state index is 0.556. The highest BCUT2D eigenvalue weighted by Crippen LogP contribution is 2.62. The Morgan fingerprint density at radius 3 is 1.77 bits per heavy atom. The summed E-state index contributed by atoms with van der Waals surface area (Å²) < 4.78 is 0. The van der Waals surface area contributed by atoms with Crippen molar-refractivity contribution in [2.24, 2.45) is 16.6 Å². The number of hydrogen-bond donors (Lipinski definition) is 1. The molecule has 0 spiro atoms. The molecule has 2 aliphatic carbocycles. The molecule has 1 nitrogen and oxygen atoms in total. The zero-order valence-corrected chi connectivity index (χ0v) is 8.94. The molecule has 2 fully saturated rings. The van der Waals surface area contributed by atoms with Crippen LogP contribution in [0.2, 0.25) is 0 Å². The van der Waals surface area contributed by atoms with Gasteiger partial charge in [0.15, 0.2) is 0 Å². The maximum absolute atomic E-state index is 6.04. The topological polar surface area (TPSA) is 26.0 Å². The second kappa shape index (κ2) is 3.27. The van der Waals surface area contributed by atoms with E-state index in [9.17, 15) is 0 Å². The molecule has 0 radical (unpaired) electrons. The molecular weight excluding hydrogens is 158 g/mol. The van der Waals surface area contributed by atoms with Gasteiger partial charge in [-0.15, -0.1) is 0 Å². The van der Waals surface area contributed by atoms with Crippen LogP contribution in [0.3, 0.4) is 0 Å². The maximum Gasteiger partial charge on any atom is -0.00152 e. The molecule has 2 N–H and O–H groups in total. The molecule has 13 heavy (non-hydrogen) atoms. The van der Waals surface area contributed by atoms with Crippen molar-refractivity contribution in [1.82, 2.24) is 0 Å². The molecular formula is C12H23N. The Morgan fingerprint density at radius 2 is 1.46 bits per heavy atom. The van der Waals surface area contributed by atoms with Crippen molar-refractivity contribution in [2.45, 2.75) is 58.3 Å². The van der Waals surface area contributed by atoms with Crippen LogP contribution < -0.4 is 5.73 Å². The van der Waals surface area contributed by atoms with E-state index in [0.717, 1.165) is 6.54 Å². The Morgan fingerprint density at radius 1 is 0.923 bits per heavy atom. The first-order valence-corrected chi connectivity index (χ1v) is 5.99. The molecule has 0 bridgehead atoms. The van der Waals surface area contributed by atoms with E-state index in [-0.39, 0.29) is 0 Å². The Kier molecular flexibility index (Phi) is 2.39. The summed E-state index contributed by atoms with van der Waals surface area (Å²) in [6.45, 7) is 3.32. The van der Waals surface area contributed by atoms with Crippen molar-refractivity contribution in [3.05, 3.63) is 0 Å². The average Bonchev–Trinajstić information content (AvgIpc) is 2.53. The normalized spacial score (nSPS) is 30.0. The molecule has 0 aromatic carbocycles. The third-order valence-electron chi connectivity index (χ3n) is 5.06. The smallest absolute Gasteiger partial charge is 0.00152 e. The summed E-state index contributed by atoms with van der Waals surface area (Å²) in [6.07, 6.45) is 11.4. The molecule has 2 saturated carbocycles. The highest BCUT2D eigenvalue weighted by Gasteiger charge is 2.53. The van der Waals surface area contributed by atoms with Crippen LogP contribution in [-0.2, 0) is 0 Å². The summed E-state index contributed by atoms with van der Waals surface area (Å²) in [7, 11) is 0. The van der Waals surface area contributed by atoms with E-state index in [0.29, 0.717) is 10.8 Å². The summed E-state index contributed by atoms with van der Waals surface area (Å²) in [5.74, 6) is 0. The number of rotatable bonds is 3. The van der Waals surface area contributed by atoms with Gasteiger partial charge >= 0.3 is 0 Å². The van der Waals surface area contributed by atoms with Crippen LogP contribution in [-0.4, -0.2) is 6.54 Å². The minimum atomic E-state index is 0.556. The summed E-state index contributed by atoms with van der Waals surface area (Å²) in [6, 6.07) is 0. The lowest BCUT2D eigenvalue weighted by atomic mass is 9.51. The quantitative estimate of drug-likeness (QED) is 0.711. The Hall–Kier alpha value is -0.0400. The van der Waals surface area contributed by atoms with Crippen molar-refractivity contribution >= 4 is 0 Å². The molecule has 0 amide bonds. The first-order valence-electron chi connectivity index (χ1n) is 5.99. The predicted octanol–water partition coefficient (Wildman–Crippen LogP) is 3.09. The van der Waals surface area contributed by atoms with Crippen LogP contribution in [0.15, 0.2) is 0 Å². The summed E-state index contributed by atoms with van der Waals surface area (Å²) >= 11 is 0. The van der Waals surface area contributed by atoms with Crippen LogP contribution in [0.5, 0.6) is 0 Å². The Balaban J connectivity index is 2.18. The van der Waals surface area contributed by atoms with E-state index < -0.39 is 0 Å². The largest absolute Gasteiger partial charge is 0.330 e. The molecule has 0 aliphatic heterocycles. The van der Waals surface area contributed by atoms with E-state index in [4.69, 9.17) is 5.73 Å². The van der Waals surface area contributed by atoms with E-state index in [1.807, 2.05) is 0 Å². The zero-order chi connectivity index (χ0) is 9.36. The van der Waals surface area contributed by atoms with Crippen molar-refractivity contribution in [3.63, 3.8) is 0 Å². The van der Waals surface area contributed by atoms with Gasteiger partial charge in [0.1, 0.15) is 0 Å². The molecule has 76 valence electrons. The summed E-state index contributed by atoms with van der Waals surface area (Å²) in [5, 5.41) is 0. The lowest BCUT2D eigenvalue weighted by Gasteiger charge is -2.54. The highest BCUT2D eigenvalue weighted by atomic mass is 14.7.